The first-order chi connectivity index (χ1) is 9.02. The molecule has 8 heteroatoms. The third-order valence-electron chi connectivity index (χ3n) is 2.28. The van der Waals surface area contributed by atoms with Crippen LogP contribution in [-0.4, -0.2) is 40.1 Å². The van der Waals surface area contributed by atoms with Crippen molar-refractivity contribution in [1.82, 2.24) is 15.6 Å². The molecule has 0 saturated heterocycles. The number of thiazole rings is 1. The molecular weight excluding hydrogens is 286 g/mol. The number of thioether (sulfide) groups is 1. The molecule has 3 N–H and O–H groups in total. The van der Waals surface area contributed by atoms with Crippen molar-refractivity contribution in [2.45, 2.75) is 25.9 Å². The number of nitrogens with one attached hydrogen (secondary N) is 2. The molecule has 1 aromatic heterocycles. The highest BCUT2D eigenvalue weighted by atomic mass is 32.2. The summed E-state index contributed by atoms with van der Waals surface area (Å²) in [6.07, 6.45) is 4.03. The minimum atomic E-state index is -1.02. The predicted octanol–water partition coefficient (Wildman–Crippen LogP) is 1.46. The van der Waals surface area contributed by atoms with E-state index in [1.54, 1.807) is 18.0 Å². The van der Waals surface area contributed by atoms with E-state index in [0.717, 1.165) is 9.88 Å². The summed E-state index contributed by atoms with van der Waals surface area (Å²) in [5.41, 5.74) is 0. The first kappa shape index (κ1) is 15.8. The third kappa shape index (κ3) is 5.93. The van der Waals surface area contributed by atoms with Crippen molar-refractivity contribution in [3.05, 3.63) is 16.1 Å². The smallest absolute Gasteiger partial charge is 0.326 e. The highest BCUT2D eigenvalue weighted by molar-refractivity contribution is 7.98. The molecule has 0 bridgehead atoms. The van der Waals surface area contributed by atoms with Gasteiger partial charge in [-0.25, -0.2) is 14.6 Å². The Kier molecular flexibility index (Phi) is 6.65. The number of aliphatic carboxylic acids is 1. The van der Waals surface area contributed by atoms with Crippen LogP contribution in [0.4, 0.5) is 4.79 Å². The molecule has 1 rings (SSSR count). The van der Waals surface area contributed by atoms with Gasteiger partial charge in [-0.15, -0.1) is 11.3 Å². The summed E-state index contributed by atoms with van der Waals surface area (Å²) in [4.78, 5) is 27.7. The van der Waals surface area contributed by atoms with E-state index in [-0.39, 0.29) is 0 Å². The summed E-state index contributed by atoms with van der Waals surface area (Å²) in [6, 6.07) is -1.34. The largest absolute Gasteiger partial charge is 0.480 e. The Hall–Kier alpha value is -1.28. The van der Waals surface area contributed by atoms with E-state index >= 15 is 0 Å². The number of amides is 2. The molecule has 0 fully saturated rings. The summed E-state index contributed by atoms with van der Waals surface area (Å²) in [6.45, 7) is 2.24. The van der Waals surface area contributed by atoms with Gasteiger partial charge in [-0.05, 0) is 25.4 Å². The average Bonchev–Trinajstić information content (AvgIpc) is 2.77. The molecule has 0 aliphatic carbocycles. The van der Waals surface area contributed by atoms with Crippen LogP contribution in [0.1, 0.15) is 16.3 Å². The number of rotatable bonds is 7. The quantitative estimate of drug-likeness (QED) is 0.709. The number of aryl methyl sites for hydroxylation is 1. The molecule has 1 heterocycles. The number of urea groups is 1. The molecule has 19 heavy (non-hydrogen) atoms. The van der Waals surface area contributed by atoms with Gasteiger partial charge in [0, 0.05) is 11.1 Å². The second-order valence-corrected chi connectivity index (χ2v) is 6.17. The number of carbonyl (C=O) groups is 2. The van der Waals surface area contributed by atoms with E-state index in [2.05, 4.69) is 15.6 Å². The van der Waals surface area contributed by atoms with Gasteiger partial charge in [-0.2, -0.15) is 11.8 Å². The number of carboxylic acids is 1. The molecule has 106 valence electrons. The Morgan fingerprint density at radius 1 is 1.58 bits per heavy atom. The zero-order valence-electron chi connectivity index (χ0n) is 10.8. The monoisotopic (exact) mass is 303 g/mol. The standard InChI is InChI=1S/C11H17N3O3S2/c1-7-5-12-9(19-7)6-13-11(17)14-8(10(15)16)3-4-18-2/h5,8H,3-4,6H2,1-2H3,(H,15,16)(H2,13,14,17). The van der Waals surface area contributed by atoms with Gasteiger partial charge in [0.15, 0.2) is 0 Å². The van der Waals surface area contributed by atoms with Crippen LogP contribution in [-0.2, 0) is 11.3 Å². The van der Waals surface area contributed by atoms with Crippen LogP contribution >= 0.6 is 23.1 Å². The van der Waals surface area contributed by atoms with Gasteiger partial charge >= 0.3 is 12.0 Å². The second-order valence-electron chi connectivity index (χ2n) is 3.86. The summed E-state index contributed by atoms with van der Waals surface area (Å²) >= 11 is 3.04. The van der Waals surface area contributed by atoms with Crippen LogP contribution in [0.25, 0.3) is 0 Å². The summed E-state index contributed by atoms with van der Waals surface area (Å²) < 4.78 is 0. The molecule has 0 radical (unpaired) electrons. The summed E-state index contributed by atoms with van der Waals surface area (Å²) in [7, 11) is 0. The fourth-order valence-electron chi connectivity index (χ4n) is 1.34. The van der Waals surface area contributed by atoms with E-state index in [4.69, 9.17) is 5.11 Å². The van der Waals surface area contributed by atoms with Gasteiger partial charge in [-0.1, -0.05) is 0 Å². The van der Waals surface area contributed by atoms with E-state index < -0.39 is 18.0 Å². The Morgan fingerprint density at radius 3 is 2.84 bits per heavy atom. The maximum atomic E-state index is 11.6. The predicted molar refractivity (Wildman–Crippen MR) is 76.6 cm³/mol. The first-order valence-corrected chi connectivity index (χ1v) is 7.91. The molecular formula is C11H17N3O3S2. The molecule has 0 spiro atoms. The van der Waals surface area contributed by atoms with Gasteiger partial charge in [-0.3, -0.25) is 0 Å². The number of hydrogen-bond donors (Lipinski definition) is 3. The lowest BCUT2D eigenvalue weighted by Crippen LogP contribution is -2.46. The van der Waals surface area contributed by atoms with Crippen molar-refractivity contribution in [1.29, 1.82) is 0 Å². The summed E-state index contributed by atoms with van der Waals surface area (Å²) in [5.74, 6) is -0.336. The topological polar surface area (TPSA) is 91.3 Å². The Labute approximate surface area is 120 Å². The highest BCUT2D eigenvalue weighted by Gasteiger charge is 2.19. The third-order valence-corrected chi connectivity index (χ3v) is 3.84. The number of nitrogens with zero attached hydrogens (tertiary/aromatic N) is 1. The molecule has 2 amide bonds. The zero-order valence-corrected chi connectivity index (χ0v) is 12.4. The van der Waals surface area contributed by atoms with Crippen molar-refractivity contribution in [2.24, 2.45) is 0 Å². The normalized spacial score (nSPS) is 11.9. The molecule has 1 atom stereocenters. The average molecular weight is 303 g/mol. The van der Waals surface area contributed by atoms with E-state index in [0.29, 0.717) is 18.7 Å². The molecule has 1 aromatic rings. The molecule has 0 aliphatic rings. The highest BCUT2D eigenvalue weighted by Crippen LogP contribution is 2.10. The Balaban J connectivity index is 2.37. The number of carboxylic acid groups (broad SMARTS) is 1. The summed E-state index contributed by atoms with van der Waals surface area (Å²) in [5, 5.41) is 14.8. The van der Waals surface area contributed by atoms with E-state index in [1.165, 1.54) is 11.3 Å². The van der Waals surface area contributed by atoms with Crippen LogP contribution in [0.2, 0.25) is 0 Å². The van der Waals surface area contributed by atoms with Gasteiger partial charge in [0.05, 0.1) is 6.54 Å². The minimum Gasteiger partial charge on any atom is -0.480 e. The maximum absolute atomic E-state index is 11.6. The lowest BCUT2D eigenvalue weighted by molar-refractivity contribution is -0.139. The van der Waals surface area contributed by atoms with Gasteiger partial charge < -0.3 is 15.7 Å². The first-order valence-electron chi connectivity index (χ1n) is 5.70. The van der Waals surface area contributed by atoms with Gasteiger partial charge in [0.2, 0.25) is 0 Å². The molecule has 0 aliphatic heterocycles. The van der Waals surface area contributed by atoms with Gasteiger partial charge in [0.25, 0.3) is 0 Å². The number of aromatic nitrogens is 1. The van der Waals surface area contributed by atoms with Crippen LogP contribution in [0.5, 0.6) is 0 Å². The SMILES string of the molecule is CSCCC(NC(=O)NCc1ncc(C)s1)C(=O)O. The maximum Gasteiger partial charge on any atom is 0.326 e. The van der Waals surface area contributed by atoms with Crippen molar-refractivity contribution >= 4 is 35.1 Å². The second kappa shape index (κ2) is 8.00. The van der Waals surface area contributed by atoms with Crippen molar-refractivity contribution in [3.8, 4) is 0 Å². The fourth-order valence-corrected chi connectivity index (χ4v) is 2.54. The van der Waals surface area contributed by atoms with Gasteiger partial charge in [0.1, 0.15) is 11.0 Å². The minimum absolute atomic E-state index is 0.305. The molecule has 0 saturated carbocycles. The number of hydrogen-bond acceptors (Lipinski definition) is 5. The van der Waals surface area contributed by atoms with Crippen molar-refractivity contribution in [3.63, 3.8) is 0 Å². The fraction of sp³-hybridized carbons (Fsp3) is 0.545. The lowest BCUT2D eigenvalue weighted by Gasteiger charge is -2.14. The number of carbonyl (C=O) groups excluding carboxylic acids is 1. The Morgan fingerprint density at radius 2 is 2.32 bits per heavy atom. The zero-order chi connectivity index (χ0) is 14.3. The molecule has 1 unspecified atom stereocenters. The lowest BCUT2D eigenvalue weighted by atomic mass is 10.2. The van der Waals surface area contributed by atoms with Crippen molar-refractivity contribution < 1.29 is 14.7 Å². The van der Waals surface area contributed by atoms with E-state index in [9.17, 15) is 9.59 Å². The Bertz CT molecular complexity index is 437. The van der Waals surface area contributed by atoms with Crippen LogP contribution in [0.15, 0.2) is 6.20 Å². The van der Waals surface area contributed by atoms with Crippen molar-refractivity contribution in [2.75, 3.05) is 12.0 Å². The van der Waals surface area contributed by atoms with Crippen LogP contribution in [0, 0.1) is 6.92 Å². The molecule has 6 nitrogen and oxygen atoms in total. The van der Waals surface area contributed by atoms with Crippen LogP contribution < -0.4 is 10.6 Å². The van der Waals surface area contributed by atoms with Crippen LogP contribution in [0.3, 0.4) is 0 Å². The molecule has 0 aromatic carbocycles. The van der Waals surface area contributed by atoms with E-state index in [1.807, 2.05) is 13.2 Å².